The summed E-state index contributed by atoms with van der Waals surface area (Å²) < 4.78 is 0. The molecular formula is C13H23N3O4. The fraction of sp³-hybridized carbons (Fsp3) is 0.769. The first-order valence-corrected chi connectivity index (χ1v) is 6.90. The van der Waals surface area contributed by atoms with Crippen molar-refractivity contribution in [3.05, 3.63) is 0 Å². The van der Waals surface area contributed by atoms with E-state index in [1.54, 1.807) is 0 Å². The second kappa shape index (κ2) is 7.23. The van der Waals surface area contributed by atoms with Gasteiger partial charge >= 0.3 is 12.0 Å². The van der Waals surface area contributed by atoms with E-state index in [9.17, 15) is 14.4 Å². The number of hydrogen-bond donors (Lipinski definition) is 4. The number of carboxylic acids is 1. The molecule has 1 rings (SSSR count). The molecule has 0 aliphatic heterocycles. The molecule has 0 saturated heterocycles. The van der Waals surface area contributed by atoms with Crippen LogP contribution in [0.2, 0.25) is 0 Å². The van der Waals surface area contributed by atoms with Gasteiger partial charge in [-0.15, -0.1) is 0 Å². The van der Waals surface area contributed by atoms with E-state index in [4.69, 9.17) is 5.11 Å². The van der Waals surface area contributed by atoms with Crippen molar-refractivity contribution in [3.8, 4) is 0 Å². The Hall–Kier alpha value is -1.63. The van der Waals surface area contributed by atoms with E-state index < -0.39 is 23.4 Å². The van der Waals surface area contributed by atoms with Gasteiger partial charge in [0, 0.05) is 6.04 Å². The third-order valence-corrected chi connectivity index (χ3v) is 3.42. The predicted octanol–water partition coefficient (Wildman–Crippen LogP) is 0.598. The van der Waals surface area contributed by atoms with Gasteiger partial charge in [0.1, 0.15) is 5.54 Å². The van der Waals surface area contributed by atoms with Gasteiger partial charge in [-0.3, -0.25) is 20.2 Å². The van der Waals surface area contributed by atoms with Crippen LogP contribution in [0.25, 0.3) is 0 Å². The maximum absolute atomic E-state index is 11.6. The number of imide groups is 1. The first kappa shape index (κ1) is 16.4. The number of urea groups is 1. The van der Waals surface area contributed by atoms with Gasteiger partial charge in [0.25, 0.3) is 0 Å². The van der Waals surface area contributed by atoms with Crippen molar-refractivity contribution in [1.29, 1.82) is 0 Å². The van der Waals surface area contributed by atoms with E-state index in [-0.39, 0.29) is 12.6 Å². The fourth-order valence-corrected chi connectivity index (χ4v) is 2.02. The summed E-state index contributed by atoms with van der Waals surface area (Å²) in [6, 6.07) is -0.392. The SMILES string of the molecule is CC(C)(NCC(=O)NC(=O)NC1CCCCC1)C(=O)O. The zero-order valence-electron chi connectivity index (χ0n) is 12.0. The summed E-state index contributed by atoms with van der Waals surface area (Å²) >= 11 is 0. The van der Waals surface area contributed by atoms with E-state index in [2.05, 4.69) is 16.0 Å². The van der Waals surface area contributed by atoms with Crippen LogP contribution >= 0.6 is 0 Å². The van der Waals surface area contributed by atoms with Crippen LogP contribution in [0.15, 0.2) is 0 Å². The van der Waals surface area contributed by atoms with Crippen LogP contribution < -0.4 is 16.0 Å². The first-order valence-electron chi connectivity index (χ1n) is 6.90. The Labute approximate surface area is 118 Å². The average molecular weight is 285 g/mol. The second-order valence-electron chi connectivity index (χ2n) is 5.64. The number of carbonyl (C=O) groups excluding carboxylic acids is 2. The third kappa shape index (κ3) is 5.56. The molecule has 0 aromatic rings. The molecule has 0 aromatic carbocycles. The molecule has 1 aliphatic rings. The predicted molar refractivity (Wildman–Crippen MR) is 73.3 cm³/mol. The molecule has 114 valence electrons. The Balaban J connectivity index is 2.27. The molecule has 1 aliphatic carbocycles. The number of carboxylic acid groups (broad SMARTS) is 1. The molecule has 0 spiro atoms. The summed E-state index contributed by atoms with van der Waals surface area (Å²) in [6.45, 7) is 2.67. The summed E-state index contributed by atoms with van der Waals surface area (Å²) in [5.74, 6) is -1.61. The van der Waals surface area contributed by atoms with Gasteiger partial charge in [-0.25, -0.2) is 4.79 Å². The van der Waals surface area contributed by atoms with Crippen LogP contribution in [0.3, 0.4) is 0 Å². The normalized spacial score (nSPS) is 16.5. The zero-order chi connectivity index (χ0) is 15.2. The largest absolute Gasteiger partial charge is 0.480 e. The summed E-state index contributed by atoms with van der Waals surface area (Å²) in [5, 5.41) is 16.4. The van der Waals surface area contributed by atoms with E-state index in [0.717, 1.165) is 25.7 Å². The molecule has 3 amide bonds. The fourth-order valence-electron chi connectivity index (χ4n) is 2.02. The lowest BCUT2D eigenvalue weighted by Gasteiger charge is -2.23. The number of nitrogens with one attached hydrogen (secondary N) is 3. The summed E-state index contributed by atoms with van der Waals surface area (Å²) in [6.07, 6.45) is 5.24. The number of carbonyl (C=O) groups is 3. The van der Waals surface area contributed by atoms with Crippen molar-refractivity contribution < 1.29 is 19.5 Å². The molecule has 0 radical (unpaired) electrons. The van der Waals surface area contributed by atoms with E-state index in [0.29, 0.717) is 0 Å². The van der Waals surface area contributed by atoms with Crippen LogP contribution in [0.4, 0.5) is 4.79 Å². The molecule has 0 atom stereocenters. The smallest absolute Gasteiger partial charge is 0.323 e. The number of amides is 3. The van der Waals surface area contributed by atoms with Crippen molar-refractivity contribution in [2.75, 3.05) is 6.54 Å². The molecule has 20 heavy (non-hydrogen) atoms. The van der Waals surface area contributed by atoms with Crippen molar-refractivity contribution in [1.82, 2.24) is 16.0 Å². The summed E-state index contributed by atoms with van der Waals surface area (Å²) in [4.78, 5) is 34.0. The van der Waals surface area contributed by atoms with Crippen LogP contribution in [0.5, 0.6) is 0 Å². The standard InChI is InChI=1S/C13H23N3O4/c1-13(2,11(18)19)14-8-10(17)16-12(20)15-9-6-4-3-5-7-9/h9,14H,3-8H2,1-2H3,(H,18,19)(H2,15,16,17,20). The van der Waals surface area contributed by atoms with Crippen LogP contribution in [-0.4, -0.2) is 41.1 Å². The Morgan fingerprint density at radius 3 is 2.30 bits per heavy atom. The Morgan fingerprint density at radius 1 is 1.15 bits per heavy atom. The maximum Gasteiger partial charge on any atom is 0.323 e. The van der Waals surface area contributed by atoms with Gasteiger partial charge < -0.3 is 10.4 Å². The van der Waals surface area contributed by atoms with Crippen LogP contribution in [0.1, 0.15) is 46.0 Å². The quantitative estimate of drug-likeness (QED) is 0.591. The second-order valence-corrected chi connectivity index (χ2v) is 5.64. The Kier molecular flexibility index (Phi) is 5.94. The zero-order valence-corrected chi connectivity index (χ0v) is 12.0. The summed E-state index contributed by atoms with van der Waals surface area (Å²) in [7, 11) is 0. The molecule has 7 heteroatoms. The van der Waals surface area contributed by atoms with Crippen molar-refractivity contribution >= 4 is 17.9 Å². The van der Waals surface area contributed by atoms with E-state index in [1.807, 2.05) is 0 Å². The molecule has 0 unspecified atom stereocenters. The third-order valence-electron chi connectivity index (χ3n) is 3.42. The highest BCUT2D eigenvalue weighted by atomic mass is 16.4. The van der Waals surface area contributed by atoms with E-state index >= 15 is 0 Å². The highest BCUT2D eigenvalue weighted by molar-refractivity contribution is 5.95. The van der Waals surface area contributed by atoms with E-state index in [1.165, 1.54) is 20.3 Å². The molecule has 0 heterocycles. The average Bonchev–Trinajstić information content (AvgIpc) is 2.37. The lowest BCUT2D eigenvalue weighted by molar-refractivity contribution is -0.143. The Morgan fingerprint density at radius 2 is 1.75 bits per heavy atom. The highest BCUT2D eigenvalue weighted by Gasteiger charge is 2.27. The van der Waals surface area contributed by atoms with Gasteiger partial charge in [-0.1, -0.05) is 19.3 Å². The van der Waals surface area contributed by atoms with Crippen molar-refractivity contribution in [2.45, 2.75) is 57.5 Å². The molecule has 0 aromatic heterocycles. The highest BCUT2D eigenvalue weighted by Crippen LogP contribution is 2.17. The molecule has 1 saturated carbocycles. The van der Waals surface area contributed by atoms with Crippen LogP contribution in [-0.2, 0) is 9.59 Å². The molecule has 7 nitrogen and oxygen atoms in total. The Bertz CT molecular complexity index is 376. The van der Waals surface area contributed by atoms with Gasteiger partial charge in [-0.2, -0.15) is 0 Å². The van der Waals surface area contributed by atoms with Crippen molar-refractivity contribution in [3.63, 3.8) is 0 Å². The number of rotatable bonds is 5. The first-order chi connectivity index (χ1) is 9.31. The van der Waals surface area contributed by atoms with Gasteiger partial charge in [0.05, 0.1) is 6.54 Å². The maximum atomic E-state index is 11.6. The number of aliphatic carboxylic acids is 1. The minimum atomic E-state index is -1.21. The monoisotopic (exact) mass is 285 g/mol. The van der Waals surface area contributed by atoms with Crippen molar-refractivity contribution in [2.24, 2.45) is 0 Å². The number of hydrogen-bond acceptors (Lipinski definition) is 4. The lowest BCUT2D eigenvalue weighted by Crippen LogP contribution is -2.53. The van der Waals surface area contributed by atoms with Crippen LogP contribution in [0, 0.1) is 0 Å². The minimum Gasteiger partial charge on any atom is -0.480 e. The molecule has 1 fully saturated rings. The summed E-state index contributed by atoms with van der Waals surface area (Å²) in [5.41, 5.74) is -1.21. The van der Waals surface area contributed by atoms with Gasteiger partial charge in [0.2, 0.25) is 5.91 Å². The minimum absolute atomic E-state index is 0.125. The molecule has 0 bridgehead atoms. The van der Waals surface area contributed by atoms with Gasteiger partial charge in [-0.05, 0) is 26.7 Å². The molecular weight excluding hydrogens is 262 g/mol. The molecule has 4 N–H and O–H groups in total. The van der Waals surface area contributed by atoms with Gasteiger partial charge in [0.15, 0.2) is 0 Å². The topological polar surface area (TPSA) is 108 Å². The lowest BCUT2D eigenvalue weighted by atomic mass is 9.96.